The van der Waals surface area contributed by atoms with Crippen molar-refractivity contribution in [1.29, 1.82) is 5.26 Å². The lowest BCUT2D eigenvalue weighted by molar-refractivity contribution is -0.172. The summed E-state index contributed by atoms with van der Waals surface area (Å²) in [6.07, 6.45) is -0.497. The number of ether oxygens (including phenoxy) is 4. The van der Waals surface area contributed by atoms with Crippen molar-refractivity contribution >= 4 is 14.6 Å². The van der Waals surface area contributed by atoms with Gasteiger partial charge in [0.2, 0.25) is 0 Å². The summed E-state index contributed by atoms with van der Waals surface area (Å²) in [7, 11) is 2.86. The molecule has 0 saturated carbocycles. The van der Waals surface area contributed by atoms with E-state index in [0.717, 1.165) is 16.7 Å². The Morgan fingerprint density at radius 1 is 0.983 bits per heavy atom. The van der Waals surface area contributed by atoms with E-state index in [1.165, 1.54) is 17.8 Å². The minimum absolute atomic E-state index is 0.0103. The minimum Gasteiger partial charge on any atom is -0.497 e. The fourth-order valence-electron chi connectivity index (χ4n) is 8.04. The highest BCUT2D eigenvalue weighted by Crippen LogP contribution is 2.57. The third-order valence-corrected chi connectivity index (χ3v) is 12.9. The summed E-state index contributed by atoms with van der Waals surface area (Å²) in [5.41, 5.74) is -1.32. The lowest BCUT2D eigenvalue weighted by Gasteiger charge is -2.42. The molecule has 2 aliphatic rings. The third kappa shape index (κ3) is 8.52. The molecular formula is C43H53N6O9P. The predicted molar refractivity (Wildman–Crippen MR) is 222 cm³/mol. The van der Waals surface area contributed by atoms with Crippen LogP contribution in [0.2, 0.25) is 0 Å². The van der Waals surface area contributed by atoms with Crippen LogP contribution in [0, 0.1) is 18.3 Å². The van der Waals surface area contributed by atoms with Gasteiger partial charge in [0.15, 0.2) is 6.23 Å². The molecule has 59 heavy (non-hydrogen) atoms. The molecular weight excluding hydrogens is 775 g/mol. The quantitative estimate of drug-likeness (QED) is 0.0747. The standard InChI is InChI=1S/C43H53N6O9P/c1-28(2)49(29(3)4)59(56-24-12-23-44)58-37-36-39(47-25-30(5)38(50)46-41(47)52)57-42(37,26-48(36)40(51)45-6)27-55-43(31-13-10-9-11-14-31,32-15-19-34(53-7)20-16-32)33-17-21-35(54-8)22-18-33/h9-11,13-22,25,28-29,36-37,39H,12,24,26-27H2,1-8H3,(H,45,51)(H,46,50,52)/t36-,37+,39-,42-,59?/m1/s1. The van der Waals surface area contributed by atoms with Crippen LogP contribution >= 0.6 is 8.53 Å². The van der Waals surface area contributed by atoms with E-state index in [1.807, 2.05) is 107 Å². The number of morpholine rings is 1. The normalized spacial score (nSPS) is 20.6. The number of carbonyl (C=O) groups excluding carboxylic acids is 1. The van der Waals surface area contributed by atoms with Crippen LogP contribution in [0.4, 0.5) is 4.79 Å². The fourth-order valence-corrected chi connectivity index (χ4v) is 9.86. The van der Waals surface area contributed by atoms with Crippen molar-refractivity contribution in [2.45, 2.75) is 82.7 Å². The molecule has 16 heteroatoms. The number of carbonyl (C=O) groups is 1. The molecule has 6 rings (SSSR count). The lowest BCUT2D eigenvalue weighted by atomic mass is 9.79. The summed E-state index contributed by atoms with van der Waals surface area (Å²) in [5.74, 6) is 1.32. The monoisotopic (exact) mass is 828 g/mol. The number of nitrogens with one attached hydrogen (secondary N) is 2. The maximum Gasteiger partial charge on any atom is 0.330 e. The molecule has 2 saturated heterocycles. The van der Waals surface area contributed by atoms with Gasteiger partial charge in [-0.3, -0.25) is 14.3 Å². The average Bonchev–Trinajstić information content (AvgIpc) is 3.71. The molecule has 15 nitrogen and oxygen atoms in total. The van der Waals surface area contributed by atoms with E-state index >= 15 is 0 Å². The van der Waals surface area contributed by atoms with E-state index in [1.54, 1.807) is 26.0 Å². The Labute approximate surface area is 345 Å². The van der Waals surface area contributed by atoms with Crippen LogP contribution in [-0.2, 0) is 24.1 Å². The van der Waals surface area contributed by atoms with E-state index in [2.05, 4.69) is 21.0 Å². The summed E-state index contributed by atoms with van der Waals surface area (Å²) >= 11 is 0. The number of hydrogen-bond donors (Lipinski definition) is 2. The largest absolute Gasteiger partial charge is 0.497 e. The molecule has 2 aliphatic heterocycles. The Balaban J connectivity index is 1.57. The topological polar surface area (TPSA) is 170 Å². The first-order valence-corrected chi connectivity index (χ1v) is 20.7. The van der Waals surface area contributed by atoms with Gasteiger partial charge in [-0.05, 0) is 75.6 Å². The molecule has 2 fully saturated rings. The summed E-state index contributed by atoms with van der Waals surface area (Å²) in [6, 6.07) is 25.8. The molecule has 1 unspecified atom stereocenters. The van der Waals surface area contributed by atoms with Crippen molar-refractivity contribution in [3.63, 3.8) is 0 Å². The molecule has 314 valence electrons. The van der Waals surface area contributed by atoms with Gasteiger partial charge in [0, 0.05) is 30.9 Å². The van der Waals surface area contributed by atoms with E-state index in [4.69, 9.17) is 28.0 Å². The lowest BCUT2D eigenvalue weighted by Crippen LogP contribution is -2.54. The maximum atomic E-state index is 13.9. The van der Waals surface area contributed by atoms with E-state index in [9.17, 15) is 19.6 Å². The Bertz CT molecular complexity index is 2150. The number of hydrogen-bond acceptors (Lipinski definition) is 11. The van der Waals surface area contributed by atoms with Gasteiger partial charge in [-0.1, -0.05) is 54.6 Å². The number of urea groups is 1. The van der Waals surface area contributed by atoms with Crippen molar-refractivity contribution in [2.75, 3.05) is 41.0 Å². The van der Waals surface area contributed by atoms with Crippen LogP contribution in [0.3, 0.4) is 0 Å². The molecule has 2 amide bonds. The predicted octanol–water partition coefficient (Wildman–Crippen LogP) is 5.82. The first-order valence-electron chi connectivity index (χ1n) is 19.6. The fraction of sp³-hybridized carbons (Fsp3) is 0.442. The molecule has 1 aromatic heterocycles. The van der Waals surface area contributed by atoms with Gasteiger partial charge < -0.3 is 38.2 Å². The Hall–Kier alpha value is -5.07. The summed E-state index contributed by atoms with van der Waals surface area (Å²) in [5, 5.41) is 12.2. The third-order valence-electron chi connectivity index (χ3n) is 10.7. The number of nitrogens with zero attached hydrogens (tertiary/aromatic N) is 4. The van der Waals surface area contributed by atoms with Gasteiger partial charge in [0.05, 0.1) is 46.5 Å². The Morgan fingerprint density at radius 3 is 2.08 bits per heavy atom. The molecule has 4 aromatic rings. The number of aromatic amines is 1. The van der Waals surface area contributed by atoms with Crippen molar-refractivity contribution in [2.24, 2.45) is 0 Å². The highest BCUT2D eigenvalue weighted by molar-refractivity contribution is 7.44. The second kappa shape index (κ2) is 18.5. The highest BCUT2D eigenvalue weighted by atomic mass is 31.2. The average molecular weight is 829 g/mol. The second-order valence-corrected chi connectivity index (χ2v) is 16.5. The van der Waals surface area contributed by atoms with Crippen LogP contribution in [0.25, 0.3) is 0 Å². The zero-order valence-corrected chi connectivity index (χ0v) is 35.6. The summed E-state index contributed by atoms with van der Waals surface area (Å²) in [4.78, 5) is 44.1. The molecule has 0 radical (unpaired) electrons. The number of H-pyrrole nitrogens is 1. The van der Waals surface area contributed by atoms with Gasteiger partial charge in [0.25, 0.3) is 14.1 Å². The number of methoxy groups -OCH3 is 2. The van der Waals surface area contributed by atoms with Crippen molar-refractivity contribution < 1.29 is 32.8 Å². The first kappa shape index (κ1) is 43.5. The van der Waals surface area contributed by atoms with E-state index in [-0.39, 0.29) is 43.8 Å². The summed E-state index contributed by atoms with van der Waals surface area (Å²) in [6.45, 7) is 9.68. The van der Waals surface area contributed by atoms with Crippen LogP contribution in [0.5, 0.6) is 11.5 Å². The van der Waals surface area contributed by atoms with Crippen molar-refractivity contribution in [3.8, 4) is 17.6 Å². The van der Waals surface area contributed by atoms with Gasteiger partial charge in [0.1, 0.15) is 34.8 Å². The number of rotatable bonds is 17. The molecule has 3 aromatic carbocycles. The van der Waals surface area contributed by atoms with Gasteiger partial charge in [-0.2, -0.15) is 5.26 Å². The van der Waals surface area contributed by atoms with Crippen LogP contribution in [-0.4, -0.2) is 96.0 Å². The van der Waals surface area contributed by atoms with Crippen LogP contribution in [0.15, 0.2) is 94.6 Å². The SMILES string of the molecule is CNC(=O)N1C[C@]2(COC(c3ccccc3)(c3ccc(OC)cc3)c3ccc(OC)cc3)O[C@@H](n3cc(C)c(=O)[nH]c3=O)[C@H]1[C@@H]2OP(OCCC#N)N(C(C)C)C(C)C. The molecule has 5 atom stereocenters. The van der Waals surface area contributed by atoms with Crippen LogP contribution < -0.4 is 26.0 Å². The number of aryl methyl sites for hydroxylation is 1. The number of fused-ring (bicyclic) bond motifs is 2. The maximum absolute atomic E-state index is 13.9. The second-order valence-electron chi connectivity index (χ2n) is 15.1. The van der Waals surface area contributed by atoms with Crippen molar-refractivity contribution in [3.05, 3.63) is 128 Å². The number of nitriles is 1. The molecule has 3 heterocycles. The zero-order valence-electron chi connectivity index (χ0n) is 34.7. The number of benzene rings is 3. The molecule has 2 bridgehead atoms. The van der Waals surface area contributed by atoms with E-state index < -0.39 is 55.4 Å². The van der Waals surface area contributed by atoms with Crippen molar-refractivity contribution in [1.82, 2.24) is 24.4 Å². The number of likely N-dealkylation sites (tertiary alicyclic amines) is 1. The summed E-state index contributed by atoms with van der Waals surface area (Å²) < 4.78 is 42.6. The molecule has 0 spiro atoms. The smallest absolute Gasteiger partial charge is 0.330 e. The molecule has 0 aliphatic carbocycles. The number of aromatic nitrogens is 2. The van der Waals surface area contributed by atoms with Gasteiger partial charge in [-0.15, -0.1) is 0 Å². The zero-order chi connectivity index (χ0) is 42.5. The first-order chi connectivity index (χ1) is 28.3. The van der Waals surface area contributed by atoms with Crippen LogP contribution in [0.1, 0.15) is 62.6 Å². The Kier molecular flexibility index (Phi) is 13.6. The molecule has 2 N–H and O–H groups in total. The van der Waals surface area contributed by atoms with Gasteiger partial charge >= 0.3 is 11.7 Å². The van der Waals surface area contributed by atoms with Gasteiger partial charge in [-0.25, -0.2) is 14.3 Å². The number of amides is 2. The highest BCUT2D eigenvalue weighted by Gasteiger charge is 2.68. The van der Waals surface area contributed by atoms with E-state index in [0.29, 0.717) is 11.5 Å². The Morgan fingerprint density at radius 2 is 1.56 bits per heavy atom. The minimum atomic E-state index is -1.89.